The first-order valence-corrected chi connectivity index (χ1v) is 8.86. The molecule has 0 saturated heterocycles. The summed E-state index contributed by atoms with van der Waals surface area (Å²) in [7, 11) is 0. The molecule has 8 heteroatoms. The Morgan fingerprint density at radius 2 is 2.07 bits per heavy atom. The van der Waals surface area contributed by atoms with Gasteiger partial charge in [0, 0.05) is 30.2 Å². The van der Waals surface area contributed by atoms with Crippen molar-refractivity contribution in [3.05, 3.63) is 42.6 Å². The number of carbonyl (C=O) groups excluding carboxylic acids is 2. The fourth-order valence-corrected chi connectivity index (χ4v) is 2.56. The summed E-state index contributed by atoms with van der Waals surface area (Å²) < 4.78 is 7.34. The van der Waals surface area contributed by atoms with E-state index in [2.05, 4.69) is 20.7 Å². The number of benzene rings is 1. The van der Waals surface area contributed by atoms with Gasteiger partial charge in [0.15, 0.2) is 11.5 Å². The number of rotatable bonds is 6. The number of hydrogen-bond donors (Lipinski definition) is 2. The molecular formula is C19H19N5O3. The number of aromatic nitrogens is 3. The van der Waals surface area contributed by atoms with E-state index in [1.54, 1.807) is 54.0 Å². The average molecular weight is 365 g/mol. The predicted molar refractivity (Wildman–Crippen MR) is 99.8 cm³/mol. The molecule has 1 aromatic carbocycles. The highest BCUT2D eigenvalue weighted by atomic mass is 16.5. The molecular weight excluding hydrogens is 346 g/mol. The van der Waals surface area contributed by atoms with Crippen LogP contribution in [0.4, 0.5) is 11.5 Å². The second-order valence-corrected chi connectivity index (χ2v) is 6.40. The number of anilines is 2. The Hall–Kier alpha value is -3.42. The maximum absolute atomic E-state index is 11.9. The van der Waals surface area contributed by atoms with E-state index < -0.39 is 0 Å². The Labute approximate surface area is 155 Å². The van der Waals surface area contributed by atoms with Crippen molar-refractivity contribution in [1.82, 2.24) is 14.6 Å². The van der Waals surface area contributed by atoms with Crippen LogP contribution in [0.15, 0.2) is 42.6 Å². The minimum absolute atomic E-state index is 0.000760. The molecule has 0 bridgehead atoms. The zero-order valence-electron chi connectivity index (χ0n) is 14.8. The fraction of sp³-hybridized carbons (Fsp3) is 0.263. The van der Waals surface area contributed by atoms with E-state index in [1.807, 2.05) is 0 Å². The minimum atomic E-state index is -0.0640. The monoisotopic (exact) mass is 365 g/mol. The SMILES string of the molecule is CCC(=O)Nc1cccc(Oc2ccc3nc(NC(=O)C4CC4)cn3n2)c1. The summed E-state index contributed by atoms with van der Waals surface area (Å²) in [6, 6.07) is 10.6. The molecule has 4 rings (SSSR count). The number of carbonyl (C=O) groups is 2. The second-order valence-electron chi connectivity index (χ2n) is 6.40. The molecule has 8 nitrogen and oxygen atoms in total. The summed E-state index contributed by atoms with van der Waals surface area (Å²) in [6.45, 7) is 1.79. The molecule has 1 saturated carbocycles. The lowest BCUT2D eigenvalue weighted by atomic mass is 10.3. The van der Waals surface area contributed by atoms with E-state index in [0.29, 0.717) is 35.2 Å². The van der Waals surface area contributed by atoms with Crippen molar-refractivity contribution in [2.75, 3.05) is 10.6 Å². The van der Waals surface area contributed by atoms with Crippen molar-refractivity contribution in [2.24, 2.45) is 5.92 Å². The summed E-state index contributed by atoms with van der Waals surface area (Å²) in [5, 5.41) is 9.95. The molecule has 2 N–H and O–H groups in total. The molecule has 1 aliphatic carbocycles. The molecule has 2 heterocycles. The van der Waals surface area contributed by atoms with Crippen LogP contribution < -0.4 is 15.4 Å². The maximum Gasteiger partial charge on any atom is 0.237 e. The summed E-state index contributed by atoms with van der Waals surface area (Å²) in [5.74, 6) is 1.45. The Morgan fingerprint density at radius 3 is 2.85 bits per heavy atom. The van der Waals surface area contributed by atoms with Crippen molar-refractivity contribution in [3.63, 3.8) is 0 Å². The maximum atomic E-state index is 11.9. The molecule has 0 aliphatic heterocycles. The largest absolute Gasteiger partial charge is 0.438 e. The molecule has 2 amide bonds. The first-order valence-electron chi connectivity index (χ1n) is 8.86. The van der Waals surface area contributed by atoms with Gasteiger partial charge in [-0.15, -0.1) is 5.10 Å². The number of nitrogens with one attached hydrogen (secondary N) is 2. The van der Waals surface area contributed by atoms with Crippen molar-refractivity contribution in [2.45, 2.75) is 26.2 Å². The number of hydrogen-bond acceptors (Lipinski definition) is 5. The normalized spacial score (nSPS) is 13.4. The third kappa shape index (κ3) is 4.05. The van der Waals surface area contributed by atoms with Gasteiger partial charge in [0.1, 0.15) is 5.75 Å². The second kappa shape index (κ2) is 7.06. The Kier molecular flexibility index (Phi) is 4.45. The van der Waals surface area contributed by atoms with Gasteiger partial charge in [-0.3, -0.25) is 9.59 Å². The molecule has 1 fully saturated rings. The highest BCUT2D eigenvalue weighted by Crippen LogP contribution is 2.30. The summed E-state index contributed by atoms with van der Waals surface area (Å²) >= 11 is 0. The van der Waals surface area contributed by atoms with Crippen LogP contribution in [-0.2, 0) is 9.59 Å². The van der Waals surface area contributed by atoms with Gasteiger partial charge >= 0.3 is 0 Å². The molecule has 138 valence electrons. The van der Waals surface area contributed by atoms with Crippen molar-refractivity contribution in [3.8, 4) is 11.6 Å². The fourth-order valence-electron chi connectivity index (χ4n) is 2.56. The number of ether oxygens (including phenoxy) is 1. The minimum Gasteiger partial charge on any atom is -0.438 e. The third-order valence-corrected chi connectivity index (χ3v) is 4.16. The smallest absolute Gasteiger partial charge is 0.237 e. The van der Waals surface area contributed by atoms with Crippen LogP contribution in [0, 0.1) is 5.92 Å². The van der Waals surface area contributed by atoms with Crippen LogP contribution in [0.5, 0.6) is 11.6 Å². The van der Waals surface area contributed by atoms with E-state index in [9.17, 15) is 9.59 Å². The van der Waals surface area contributed by atoms with Crippen molar-refractivity contribution < 1.29 is 14.3 Å². The summed E-state index contributed by atoms with van der Waals surface area (Å²) in [6.07, 6.45) is 3.93. The van der Waals surface area contributed by atoms with E-state index in [1.165, 1.54) is 0 Å². The van der Waals surface area contributed by atoms with Crippen LogP contribution in [0.3, 0.4) is 0 Å². The zero-order valence-corrected chi connectivity index (χ0v) is 14.8. The Bertz CT molecular complexity index is 1010. The topological polar surface area (TPSA) is 97.6 Å². The van der Waals surface area contributed by atoms with Crippen LogP contribution in [0.25, 0.3) is 5.65 Å². The van der Waals surface area contributed by atoms with Gasteiger partial charge in [-0.25, -0.2) is 9.50 Å². The average Bonchev–Trinajstić information content (AvgIpc) is 3.43. The lowest BCUT2D eigenvalue weighted by molar-refractivity contribution is -0.117. The van der Waals surface area contributed by atoms with E-state index in [4.69, 9.17) is 4.74 Å². The van der Waals surface area contributed by atoms with Gasteiger partial charge < -0.3 is 15.4 Å². The van der Waals surface area contributed by atoms with Gasteiger partial charge in [0.25, 0.3) is 0 Å². The molecule has 27 heavy (non-hydrogen) atoms. The quantitative estimate of drug-likeness (QED) is 0.699. The first-order chi connectivity index (χ1) is 13.1. The number of imidazole rings is 1. The molecule has 0 spiro atoms. The Balaban J connectivity index is 1.49. The molecule has 0 atom stereocenters. The standard InChI is InChI=1S/C19H19N5O3/c1-2-17(25)20-13-4-3-5-14(10-13)27-18-9-8-16-21-15(11-24(16)23-18)22-19(26)12-6-7-12/h3-5,8-12H,2,6-7H2,1H3,(H,20,25)(H,22,26). The van der Waals surface area contributed by atoms with Gasteiger partial charge in [0.05, 0.1) is 6.20 Å². The number of amides is 2. The summed E-state index contributed by atoms with van der Waals surface area (Å²) in [5.41, 5.74) is 1.27. The van der Waals surface area contributed by atoms with E-state index in [-0.39, 0.29) is 17.7 Å². The third-order valence-electron chi connectivity index (χ3n) is 4.16. The Morgan fingerprint density at radius 1 is 1.22 bits per heavy atom. The number of fused-ring (bicyclic) bond motifs is 1. The number of nitrogens with zero attached hydrogens (tertiary/aromatic N) is 3. The lowest BCUT2D eigenvalue weighted by Crippen LogP contribution is -2.13. The highest BCUT2D eigenvalue weighted by Gasteiger charge is 2.30. The van der Waals surface area contributed by atoms with Crippen LogP contribution in [0.1, 0.15) is 26.2 Å². The van der Waals surface area contributed by atoms with Crippen LogP contribution >= 0.6 is 0 Å². The molecule has 0 unspecified atom stereocenters. The van der Waals surface area contributed by atoms with Gasteiger partial charge in [-0.05, 0) is 31.0 Å². The lowest BCUT2D eigenvalue weighted by Gasteiger charge is -2.08. The highest BCUT2D eigenvalue weighted by molar-refractivity contribution is 5.93. The molecule has 3 aromatic rings. The van der Waals surface area contributed by atoms with Gasteiger partial charge in [-0.1, -0.05) is 13.0 Å². The van der Waals surface area contributed by atoms with Crippen molar-refractivity contribution in [1.29, 1.82) is 0 Å². The summed E-state index contributed by atoms with van der Waals surface area (Å²) in [4.78, 5) is 27.7. The first kappa shape index (κ1) is 17.0. The van der Waals surface area contributed by atoms with Crippen LogP contribution in [-0.4, -0.2) is 26.4 Å². The molecule has 1 aliphatic rings. The van der Waals surface area contributed by atoms with Crippen molar-refractivity contribution >= 4 is 29.0 Å². The van der Waals surface area contributed by atoms with Gasteiger partial charge in [-0.2, -0.15) is 0 Å². The van der Waals surface area contributed by atoms with Crippen LogP contribution in [0.2, 0.25) is 0 Å². The van der Waals surface area contributed by atoms with E-state index in [0.717, 1.165) is 12.8 Å². The molecule has 0 radical (unpaired) electrons. The van der Waals surface area contributed by atoms with E-state index >= 15 is 0 Å². The van der Waals surface area contributed by atoms with Gasteiger partial charge in [0.2, 0.25) is 17.7 Å². The molecule has 2 aromatic heterocycles. The predicted octanol–water partition coefficient (Wildman–Crippen LogP) is 3.22. The zero-order chi connectivity index (χ0) is 18.8.